The van der Waals surface area contributed by atoms with Crippen LogP contribution in [0, 0.1) is 6.92 Å². The predicted molar refractivity (Wildman–Crippen MR) is 173 cm³/mol. The number of ether oxygens (including phenoxy) is 2. The molecule has 3 aliphatic rings. The van der Waals surface area contributed by atoms with E-state index in [2.05, 4.69) is 72.5 Å². The fourth-order valence-electron chi connectivity index (χ4n) is 6.33. The Morgan fingerprint density at radius 3 is 2.55 bits per heavy atom. The molecule has 0 spiro atoms. The quantitative estimate of drug-likeness (QED) is 0.251. The summed E-state index contributed by atoms with van der Waals surface area (Å²) in [7, 11) is 0. The van der Waals surface area contributed by atoms with E-state index in [1.54, 1.807) is 0 Å². The monoisotopic (exact) mass is 594 g/mol. The minimum atomic E-state index is -1.20. The number of allylic oxidation sites excluding steroid dienone is 1. The van der Waals surface area contributed by atoms with Crippen LogP contribution < -0.4 is 4.90 Å². The highest BCUT2D eigenvalue weighted by molar-refractivity contribution is 5.79. The summed E-state index contributed by atoms with van der Waals surface area (Å²) in [5.41, 5.74) is 6.26. The van der Waals surface area contributed by atoms with Crippen molar-refractivity contribution in [2.75, 3.05) is 24.6 Å². The average molecular weight is 595 g/mol. The van der Waals surface area contributed by atoms with Crippen molar-refractivity contribution in [2.45, 2.75) is 77.6 Å². The Labute approximate surface area is 259 Å². The van der Waals surface area contributed by atoms with Crippen LogP contribution in [0.2, 0.25) is 0 Å². The Morgan fingerprint density at radius 2 is 1.80 bits per heavy atom. The van der Waals surface area contributed by atoms with Crippen molar-refractivity contribution in [3.05, 3.63) is 83.6 Å². The largest absolute Gasteiger partial charge is 0.479 e. The second-order valence-electron chi connectivity index (χ2n) is 13.2. The van der Waals surface area contributed by atoms with E-state index in [-0.39, 0.29) is 5.60 Å². The lowest BCUT2D eigenvalue weighted by Crippen LogP contribution is -2.45. The van der Waals surface area contributed by atoms with Gasteiger partial charge in [-0.3, -0.25) is 0 Å². The third-order valence-electron chi connectivity index (χ3n) is 8.64. The minimum Gasteiger partial charge on any atom is -0.479 e. The molecule has 230 valence electrons. The number of hydrogen-bond acceptors (Lipinski definition) is 6. The molecule has 0 amide bonds. The van der Waals surface area contributed by atoms with Gasteiger partial charge in [-0.05, 0) is 83.1 Å². The van der Waals surface area contributed by atoms with E-state index in [1.807, 2.05) is 38.3 Å². The fraction of sp³-hybridized carbons (Fsp3) is 0.417. The van der Waals surface area contributed by atoms with E-state index in [4.69, 9.17) is 19.6 Å². The van der Waals surface area contributed by atoms with Gasteiger partial charge < -0.3 is 19.5 Å². The number of hydrogen-bond donors (Lipinski definition) is 1. The second kappa shape index (κ2) is 11.8. The topological polar surface area (TPSA) is 89.2 Å². The molecule has 8 heteroatoms. The number of carboxylic acid groups (broad SMARTS) is 1. The summed E-state index contributed by atoms with van der Waals surface area (Å²) in [5.74, 6) is -0.330. The van der Waals surface area contributed by atoms with Crippen LogP contribution in [-0.4, -0.2) is 56.6 Å². The number of fused-ring (bicyclic) bond motifs is 6. The number of nitrogens with zero attached hydrogens (tertiary/aromatic N) is 4. The first-order chi connectivity index (χ1) is 21.0. The molecule has 4 aromatic rings. The van der Waals surface area contributed by atoms with E-state index in [0.29, 0.717) is 36.6 Å². The molecule has 0 radical (unpaired) electrons. The molecule has 0 saturated carbocycles. The number of piperidine rings is 1. The summed E-state index contributed by atoms with van der Waals surface area (Å²) in [6.45, 7) is 11.6. The standard InChI is InChI=1S/C36H42N4O4/c1-24-31(32(34(41)42)44-35(2,3)4)33-39-19-17-36(5,18-20-39)43-21-10-6-7-12-25-13-8-9-16-28(25)26-14-11-15-27(22-26)29-23-30(37-24)40(33)38-29/h6,8-11,13-16,22-23,32H,7,12,17-21H2,1-5H3,(H,41,42)/b10-6+/t32-/m0/s1. The first-order valence-electron chi connectivity index (χ1n) is 15.5. The normalized spacial score (nSPS) is 18.3. The number of benzene rings is 2. The summed E-state index contributed by atoms with van der Waals surface area (Å²) in [6, 6.07) is 19.0. The van der Waals surface area contributed by atoms with Crippen molar-refractivity contribution in [2.24, 2.45) is 0 Å². The first kappa shape index (κ1) is 30.0. The first-order valence-corrected chi connectivity index (χ1v) is 15.5. The van der Waals surface area contributed by atoms with Gasteiger partial charge in [0.25, 0.3) is 0 Å². The Morgan fingerprint density at radius 1 is 1.05 bits per heavy atom. The fourth-order valence-corrected chi connectivity index (χ4v) is 6.33. The summed E-state index contributed by atoms with van der Waals surface area (Å²) in [6.07, 6.45) is 6.62. The summed E-state index contributed by atoms with van der Waals surface area (Å²) < 4.78 is 14.4. The Kier molecular flexibility index (Phi) is 8.07. The van der Waals surface area contributed by atoms with Gasteiger partial charge in [0.15, 0.2) is 11.8 Å². The van der Waals surface area contributed by atoms with Crippen molar-refractivity contribution in [1.82, 2.24) is 14.6 Å². The van der Waals surface area contributed by atoms with Crippen LogP contribution in [0.25, 0.3) is 28.0 Å². The molecule has 2 aromatic heterocycles. The lowest BCUT2D eigenvalue weighted by molar-refractivity contribution is -0.160. The van der Waals surface area contributed by atoms with Gasteiger partial charge in [0.1, 0.15) is 5.82 Å². The van der Waals surface area contributed by atoms with E-state index in [1.165, 1.54) is 11.1 Å². The van der Waals surface area contributed by atoms with Crippen molar-refractivity contribution >= 4 is 17.4 Å². The Bertz CT molecular complexity index is 1710. The third kappa shape index (κ3) is 6.14. The van der Waals surface area contributed by atoms with Crippen molar-refractivity contribution < 1.29 is 19.4 Å². The molecule has 0 unspecified atom stereocenters. The number of aryl methyl sites for hydroxylation is 2. The molecular weight excluding hydrogens is 552 g/mol. The predicted octanol–water partition coefficient (Wildman–Crippen LogP) is 7.19. The van der Waals surface area contributed by atoms with Gasteiger partial charge in [0.05, 0.1) is 29.1 Å². The molecule has 1 fully saturated rings. The molecule has 1 N–H and O–H groups in total. The molecule has 1 atom stereocenters. The van der Waals surface area contributed by atoms with Crippen molar-refractivity contribution in [3.63, 3.8) is 0 Å². The minimum absolute atomic E-state index is 0.278. The zero-order valence-corrected chi connectivity index (χ0v) is 26.3. The van der Waals surface area contributed by atoms with E-state index in [0.717, 1.165) is 48.3 Å². The molecule has 44 heavy (non-hydrogen) atoms. The van der Waals surface area contributed by atoms with Crippen molar-refractivity contribution in [1.29, 1.82) is 0 Å². The number of carbonyl (C=O) groups is 1. The lowest BCUT2D eigenvalue weighted by Gasteiger charge is -2.41. The van der Waals surface area contributed by atoms with Crippen molar-refractivity contribution in [3.8, 4) is 22.4 Å². The highest BCUT2D eigenvalue weighted by Crippen LogP contribution is 2.39. The van der Waals surface area contributed by atoms with Gasteiger partial charge in [-0.1, -0.05) is 54.6 Å². The average Bonchev–Trinajstić information content (AvgIpc) is 3.41. The summed E-state index contributed by atoms with van der Waals surface area (Å²) in [5, 5.41) is 15.5. The molecular formula is C36H42N4O4. The van der Waals surface area contributed by atoms with E-state index < -0.39 is 17.7 Å². The molecule has 6 bridgehead atoms. The second-order valence-corrected chi connectivity index (χ2v) is 13.2. The molecule has 8 nitrogen and oxygen atoms in total. The number of carboxylic acids is 1. The maximum atomic E-state index is 12.8. The Hall–Kier alpha value is -4.01. The number of anilines is 1. The van der Waals surface area contributed by atoms with Gasteiger partial charge in [-0.2, -0.15) is 9.61 Å². The van der Waals surface area contributed by atoms with Crippen LogP contribution >= 0.6 is 0 Å². The van der Waals surface area contributed by atoms with Gasteiger partial charge >= 0.3 is 5.97 Å². The third-order valence-corrected chi connectivity index (χ3v) is 8.64. The molecule has 7 rings (SSSR count). The number of aliphatic carboxylic acids is 1. The molecule has 1 saturated heterocycles. The van der Waals surface area contributed by atoms with Crippen LogP contribution in [0.3, 0.4) is 0 Å². The summed E-state index contributed by atoms with van der Waals surface area (Å²) in [4.78, 5) is 19.9. The summed E-state index contributed by atoms with van der Waals surface area (Å²) >= 11 is 0. The smallest absolute Gasteiger partial charge is 0.337 e. The molecule has 5 heterocycles. The number of aromatic nitrogens is 3. The van der Waals surface area contributed by atoms with Gasteiger partial charge in [0, 0.05) is 30.4 Å². The van der Waals surface area contributed by atoms with E-state index in [9.17, 15) is 9.90 Å². The zero-order valence-electron chi connectivity index (χ0n) is 26.3. The molecule has 3 aliphatic heterocycles. The van der Waals surface area contributed by atoms with Gasteiger partial charge in [-0.25, -0.2) is 9.78 Å². The van der Waals surface area contributed by atoms with Gasteiger partial charge in [-0.15, -0.1) is 0 Å². The van der Waals surface area contributed by atoms with Crippen LogP contribution in [0.5, 0.6) is 0 Å². The SMILES string of the molecule is Cc1nc2cc3nn2c(c1[C@H](OC(C)(C)C)C(=O)O)N1CCC(C)(CC1)OC/C=C/CCc1ccccc1-c1cccc-3c1. The van der Waals surface area contributed by atoms with Crippen LogP contribution in [0.15, 0.2) is 66.7 Å². The highest BCUT2D eigenvalue weighted by Gasteiger charge is 2.37. The zero-order chi connectivity index (χ0) is 31.1. The number of rotatable bonds is 3. The van der Waals surface area contributed by atoms with Crippen LogP contribution in [-0.2, 0) is 20.7 Å². The molecule has 0 aliphatic carbocycles. The maximum absolute atomic E-state index is 12.8. The lowest BCUT2D eigenvalue weighted by atomic mass is 9.92. The molecule has 2 aromatic carbocycles. The van der Waals surface area contributed by atoms with Crippen LogP contribution in [0.1, 0.15) is 69.9 Å². The highest BCUT2D eigenvalue weighted by atomic mass is 16.5. The van der Waals surface area contributed by atoms with Gasteiger partial charge in [0.2, 0.25) is 0 Å². The Balaban J connectivity index is 1.55. The van der Waals surface area contributed by atoms with Crippen LogP contribution in [0.4, 0.5) is 5.82 Å². The maximum Gasteiger partial charge on any atom is 0.337 e. The van der Waals surface area contributed by atoms with E-state index >= 15 is 0 Å².